The van der Waals surface area contributed by atoms with Crippen LogP contribution in [0.15, 0.2) is 48.7 Å². The zero-order valence-corrected chi connectivity index (χ0v) is 16.9. The minimum atomic E-state index is 0.00236. The number of rotatable bonds is 7. The summed E-state index contributed by atoms with van der Waals surface area (Å²) in [6.45, 7) is 7.49. The fourth-order valence-electron chi connectivity index (χ4n) is 4.13. The van der Waals surface area contributed by atoms with Crippen LogP contribution < -0.4 is 4.90 Å². The number of hydrogen-bond acceptors (Lipinski definition) is 4. The highest BCUT2D eigenvalue weighted by atomic mass is 16.3. The van der Waals surface area contributed by atoms with Crippen LogP contribution in [0.3, 0.4) is 0 Å². The molecule has 0 bridgehead atoms. The predicted molar refractivity (Wildman–Crippen MR) is 113 cm³/mol. The Morgan fingerprint density at radius 1 is 1.21 bits per heavy atom. The van der Waals surface area contributed by atoms with Crippen molar-refractivity contribution in [3.05, 3.63) is 59.8 Å². The number of pyridine rings is 1. The Morgan fingerprint density at radius 3 is 2.61 bits per heavy atom. The summed E-state index contributed by atoms with van der Waals surface area (Å²) in [5.41, 5.74) is 1.86. The normalized spacial score (nSPS) is 19.5. The summed E-state index contributed by atoms with van der Waals surface area (Å²) in [6.07, 6.45) is 3.62. The van der Waals surface area contributed by atoms with Crippen LogP contribution in [0.2, 0.25) is 0 Å². The van der Waals surface area contributed by atoms with E-state index in [4.69, 9.17) is 0 Å². The number of aliphatic hydroxyl groups is 1. The molecule has 1 aromatic heterocycles. The number of amides is 1. The molecule has 0 spiro atoms. The summed E-state index contributed by atoms with van der Waals surface area (Å²) in [7, 11) is 0. The molecule has 5 nitrogen and oxygen atoms in total. The molecule has 1 amide bonds. The molecule has 0 saturated carbocycles. The van der Waals surface area contributed by atoms with Crippen LogP contribution in [0, 0.1) is 5.92 Å². The third-order valence-corrected chi connectivity index (χ3v) is 5.68. The van der Waals surface area contributed by atoms with Gasteiger partial charge in [0, 0.05) is 44.9 Å². The highest BCUT2D eigenvalue weighted by molar-refractivity contribution is 5.94. The van der Waals surface area contributed by atoms with Crippen molar-refractivity contribution in [2.45, 2.75) is 32.6 Å². The molecule has 2 heterocycles. The number of aromatic nitrogens is 1. The third kappa shape index (κ3) is 4.53. The van der Waals surface area contributed by atoms with E-state index in [9.17, 15) is 9.90 Å². The first-order chi connectivity index (χ1) is 13.7. The van der Waals surface area contributed by atoms with Crippen LogP contribution >= 0.6 is 0 Å². The van der Waals surface area contributed by atoms with E-state index < -0.39 is 0 Å². The van der Waals surface area contributed by atoms with Crippen molar-refractivity contribution in [1.29, 1.82) is 0 Å². The summed E-state index contributed by atoms with van der Waals surface area (Å²) < 4.78 is 0. The molecule has 1 saturated heterocycles. The van der Waals surface area contributed by atoms with E-state index in [-0.39, 0.29) is 18.4 Å². The maximum absolute atomic E-state index is 13.0. The smallest absolute Gasteiger partial charge is 0.255 e. The molecule has 2 atom stereocenters. The molecule has 1 N–H and O–H groups in total. The van der Waals surface area contributed by atoms with Crippen LogP contribution in [-0.2, 0) is 0 Å². The van der Waals surface area contributed by atoms with Crippen LogP contribution in [0.5, 0.6) is 0 Å². The lowest BCUT2D eigenvalue weighted by molar-refractivity contribution is 0.0577. The Kier molecular flexibility index (Phi) is 7.04. The molecule has 1 fully saturated rings. The van der Waals surface area contributed by atoms with Gasteiger partial charge >= 0.3 is 0 Å². The highest BCUT2D eigenvalue weighted by Gasteiger charge is 2.32. The van der Waals surface area contributed by atoms with Gasteiger partial charge < -0.3 is 14.9 Å². The number of nitrogens with zero attached hydrogens (tertiary/aromatic N) is 3. The van der Waals surface area contributed by atoms with Crippen molar-refractivity contribution in [2.75, 3.05) is 37.7 Å². The van der Waals surface area contributed by atoms with Gasteiger partial charge in [-0.05, 0) is 43.4 Å². The monoisotopic (exact) mass is 381 g/mol. The van der Waals surface area contributed by atoms with Crippen molar-refractivity contribution in [3.63, 3.8) is 0 Å². The largest absolute Gasteiger partial charge is 0.396 e. The number of carbonyl (C=O) groups excluding carboxylic acids is 1. The second-order valence-corrected chi connectivity index (χ2v) is 7.48. The lowest BCUT2D eigenvalue weighted by Crippen LogP contribution is -2.44. The van der Waals surface area contributed by atoms with Crippen molar-refractivity contribution in [1.82, 2.24) is 9.88 Å². The first-order valence-electron chi connectivity index (χ1n) is 10.3. The van der Waals surface area contributed by atoms with Gasteiger partial charge in [0.25, 0.3) is 5.91 Å². The Bertz CT molecular complexity index is 748. The van der Waals surface area contributed by atoms with Crippen molar-refractivity contribution in [3.8, 4) is 0 Å². The fraction of sp³-hybridized carbons (Fsp3) is 0.478. The SMILES string of the molecule is CCCN(CC)c1ccc(C(=O)N2CC[C@@H](c3ccccc3)[C@@H](CO)C2)cn1. The first kappa shape index (κ1) is 20.3. The summed E-state index contributed by atoms with van der Waals surface area (Å²) in [5.74, 6) is 1.27. The van der Waals surface area contributed by atoms with Gasteiger partial charge in [0.05, 0.1) is 5.56 Å². The van der Waals surface area contributed by atoms with Gasteiger partial charge in [-0.25, -0.2) is 4.98 Å². The summed E-state index contributed by atoms with van der Waals surface area (Å²) >= 11 is 0. The minimum Gasteiger partial charge on any atom is -0.396 e. The van der Waals surface area contributed by atoms with Crippen molar-refractivity contribution >= 4 is 11.7 Å². The average Bonchev–Trinajstić information content (AvgIpc) is 2.77. The number of anilines is 1. The first-order valence-corrected chi connectivity index (χ1v) is 10.3. The molecule has 28 heavy (non-hydrogen) atoms. The van der Waals surface area contributed by atoms with E-state index in [1.165, 1.54) is 5.56 Å². The molecule has 1 aromatic carbocycles. The van der Waals surface area contributed by atoms with Crippen LogP contribution in [0.1, 0.15) is 48.5 Å². The van der Waals surface area contributed by atoms with Gasteiger partial charge in [0.2, 0.25) is 0 Å². The Morgan fingerprint density at radius 2 is 2.00 bits per heavy atom. The standard InChI is InChI=1S/C23H31N3O2/c1-3-13-25(4-2)22-11-10-19(15-24-22)23(28)26-14-12-21(20(16-26)17-27)18-8-6-5-7-9-18/h5-11,15,20-21,27H,3-4,12-14,16-17H2,1-2H3/t20-,21+/m1/s1. The molecular formula is C23H31N3O2. The third-order valence-electron chi connectivity index (χ3n) is 5.68. The minimum absolute atomic E-state index is 0.00236. The molecule has 0 radical (unpaired) electrons. The highest BCUT2D eigenvalue weighted by Crippen LogP contribution is 2.33. The predicted octanol–water partition coefficient (Wildman–Crippen LogP) is 3.56. The van der Waals surface area contributed by atoms with Gasteiger partial charge in [-0.2, -0.15) is 0 Å². The fourth-order valence-corrected chi connectivity index (χ4v) is 4.13. The Hall–Kier alpha value is -2.40. The number of benzene rings is 1. The van der Waals surface area contributed by atoms with E-state index in [0.717, 1.165) is 31.7 Å². The lowest BCUT2D eigenvalue weighted by Gasteiger charge is -2.38. The van der Waals surface area contributed by atoms with Crippen LogP contribution in [0.4, 0.5) is 5.82 Å². The van der Waals surface area contributed by atoms with Crippen molar-refractivity contribution < 1.29 is 9.90 Å². The Balaban J connectivity index is 1.68. The van der Waals surface area contributed by atoms with E-state index in [2.05, 4.69) is 35.9 Å². The second kappa shape index (κ2) is 9.69. The van der Waals surface area contributed by atoms with Crippen molar-refractivity contribution in [2.24, 2.45) is 5.92 Å². The van der Waals surface area contributed by atoms with E-state index >= 15 is 0 Å². The zero-order chi connectivity index (χ0) is 19.9. The summed E-state index contributed by atoms with van der Waals surface area (Å²) in [6, 6.07) is 14.1. The molecule has 5 heteroatoms. The number of likely N-dealkylation sites (tertiary alicyclic amines) is 1. The van der Waals surface area contributed by atoms with E-state index in [1.54, 1.807) is 6.20 Å². The Labute approximate surface area is 168 Å². The molecule has 3 rings (SSSR count). The number of hydrogen-bond donors (Lipinski definition) is 1. The van der Waals surface area contributed by atoms with Crippen LogP contribution in [0.25, 0.3) is 0 Å². The zero-order valence-electron chi connectivity index (χ0n) is 16.9. The molecule has 2 aromatic rings. The van der Waals surface area contributed by atoms with Gasteiger partial charge in [0.15, 0.2) is 0 Å². The number of aliphatic hydroxyl groups excluding tert-OH is 1. The number of piperidine rings is 1. The van der Waals surface area contributed by atoms with Crippen LogP contribution in [-0.4, -0.2) is 53.7 Å². The van der Waals surface area contributed by atoms with Gasteiger partial charge in [0.1, 0.15) is 5.82 Å². The van der Waals surface area contributed by atoms with Gasteiger partial charge in [-0.1, -0.05) is 37.3 Å². The molecule has 0 unspecified atom stereocenters. The average molecular weight is 382 g/mol. The quantitative estimate of drug-likeness (QED) is 0.797. The van der Waals surface area contributed by atoms with E-state index in [0.29, 0.717) is 24.6 Å². The van der Waals surface area contributed by atoms with Gasteiger partial charge in [-0.3, -0.25) is 4.79 Å². The second-order valence-electron chi connectivity index (χ2n) is 7.48. The molecule has 0 aliphatic carbocycles. The lowest BCUT2D eigenvalue weighted by atomic mass is 9.81. The number of carbonyl (C=O) groups is 1. The molecule has 150 valence electrons. The molecular weight excluding hydrogens is 350 g/mol. The maximum Gasteiger partial charge on any atom is 0.255 e. The topological polar surface area (TPSA) is 56.7 Å². The molecule has 1 aliphatic heterocycles. The van der Waals surface area contributed by atoms with E-state index in [1.807, 2.05) is 35.2 Å². The van der Waals surface area contributed by atoms with Gasteiger partial charge in [-0.15, -0.1) is 0 Å². The maximum atomic E-state index is 13.0. The summed E-state index contributed by atoms with van der Waals surface area (Å²) in [5, 5.41) is 9.91. The molecule has 1 aliphatic rings. The summed E-state index contributed by atoms with van der Waals surface area (Å²) in [4.78, 5) is 21.6.